The number of thiophene rings is 1. The first-order valence-corrected chi connectivity index (χ1v) is 11.9. The first-order chi connectivity index (χ1) is 14.9. The molecule has 0 fully saturated rings. The highest BCUT2D eigenvalue weighted by Crippen LogP contribution is 2.27. The summed E-state index contributed by atoms with van der Waals surface area (Å²) in [4.78, 5) is 30.6. The number of amides is 1. The van der Waals surface area contributed by atoms with Crippen molar-refractivity contribution in [3.63, 3.8) is 0 Å². The number of anilines is 1. The highest BCUT2D eigenvalue weighted by molar-refractivity contribution is 7.99. The fourth-order valence-corrected chi connectivity index (χ4v) is 4.98. The van der Waals surface area contributed by atoms with Crippen molar-refractivity contribution >= 4 is 56.5 Å². The smallest absolute Gasteiger partial charge is 0.276 e. The molecule has 0 unspecified atom stereocenters. The Hall–Kier alpha value is -2.61. The topological polar surface area (TPSA) is 64.0 Å². The molecule has 1 N–H and O–H groups in total. The van der Waals surface area contributed by atoms with Crippen LogP contribution in [0.5, 0.6) is 0 Å². The fraction of sp³-hybridized carbons (Fsp3) is 0.174. The zero-order chi connectivity index (χ0) is 22.1. The lowest BCUT2D eigenvalue weighted by Crippen LogP contribution is -2.23. The largest absolute Gasteiger partial charge is 0.325 e. The summed E-state index contributed by atoms with van der Waals surface area (Å²) < 4.78 is 2.22. The number of carbonyl (C=O) groups is 1. The highest BCUT2D eigenvalue weighted by atomic mass is 35.5. The maximum Gasteiger partial charge on any atom is 0.276 e. The SMILES string of the molecule is Cc1cccc(-n2c(SCC(=O)Nc3cccc(Cl)c3C)nc3ccsc3c2=O)c1C. The lowest BCUT2D eigenvalue weighted by Gasteiger charge is -2.15. The Morgan fingerprint density at radius 1 is 1.13 bits per heavy atom. The van der Waals surface area contributed by atoms with E-state index in [0.717, 1.165) is 22.4 Å². The lowest BCUT2D eigenvalue weighted by molar-refractivity contribution is -0.113. The quantitative estimate of drug-likeness (QED) is 0.298. The predicted molar refractivity (Wildman–Crippen MR) is 130 cm³/mol. The molecule has 0 aliphatic rings. The standard InChI is InChI=1S/C23H20ClN3O2S2/c1-13-6-4-9-19(14(13)2)27-22(29)21-18(10-11-30-21)26-23(27)31-12-20(28)25-17-8-5-7-16(24)15(17)3/h4-11H,12H2,1-3H3,(H,25,28). The molecule has 5 nitrogen and oxygen atoms in total. The Bertz CT molecular complexity index is 1360. The van der Waals surface area contributed by atoms with Gasteiger partial charge < -0.3 is 5.32 Å². The minimum absolute atomic E-state index is 0.110. The first-order valence-electron chi connectivity index (χ1n) is 9.61. The fourth-order valence-electron chi connectivity index (χ4n) is 3.24. The van der Waals surface area contributed by atoms with Gasteiger partial charge in [0.15, 0.2) is 5.16 Å². The number of rotatable bonds is 5. The van der Waals surface area contributed by atoms with E-state index in [0.29, 0.717) is 26.1 Å². The number of nitrogens with one attached hydrogen (secondary N) is 1. The summed E-state index contributed by atoms with van der Waals surface area (Å²) in [6, 6.07) is 13.1. The number of halogens is 1. The van der Waals surface area contributed by atoms with Crippen LogP contribution in [0.2, 0.25) is 5.02 Å². The average molecular weight is 470 g/mol. The Balaban J connectivity index is 1.69. The molecule has 2 aromatic carbocycles. The number of fused-ring (bicyclic) bond motifs is 1. The second-order valence-electron chi connectivity index (χ2n) is 7.14. The summed E-state index contributed by atoms with van der Waals surface area (Å²) in [5, 5.41) is 5.83. The van der Waals surface area contributed by atoms with E-state index in [9.17, 15) is 9.59 Å². The lowest BCUT2D eigenvalue weighted by atomic mass is 10.1. The molecule has 0 spiro atoms. The van der Waals surface area contributed by atoms with Gasteiger partial charge in [0.2, 0.25) is 5.91 Å². The van der Waals surface area contributed by atoms with E-state index < -0.39 is 0 Å². The van der Waals surface area contributed by atoms with Crippen molar-refractivity contribution in [2.75, 3.05) is 11.1 Å². The van der Waals surface area contributed by atoms with Crippen molar-refractivity contribution in [3.05, 3.63) is 79.9 Å². The number of hydrogen-bond acceptors (Lipinski definition) is 5. The number of benzene rings is 2. The van der Waals surface area contributed by atoms with Gasteiger partial charge in [-0.3, -0.25) is 14.2 Å². The molecule has 2 heterocycles. The van der Waals surface area contributed by atoms with Crippen LogP contribution < -0.4 is 10.9 Å². The third-order valence-electron chi connectivity index (χ3n) is 5.14. The van der Waals surface area contributed by atoms with Crippen LogP contribution in [0.25, 0.3) is 15.9 Å². The molecule has 8 heteroatoms. The Morgan fingerprint density at radius 3 is 2.71 bits per heavy atom. The molecule has 158 valence electrons. The number of nitrogens with zero attached hydrogens (tertiary/aromatic N) is 2. The predicted octanol–water partition coefficient (Wildman–Crippen LogP) is 5.76. The maximum absolute atomic E-state index is 13.3. The number of thioether (sulfide) groups is 1. The summed E-state index contributed by atoms with van der Waals surface area (Å²) >= 11 is 8.76. The van der Waals surface area contributed by atoms with Crippen LogP contribution in [0.15, 0.2) is 57.8 Å². The van der Waals surface area contributed by atoms with Crippen molar-refractivity contribution in [2.45, 2.75) is 25.9 Å². The van der Waals surface area contributed by atoms with Crippen molar-refractivity contribution < 1.29 is 4.79 Å². The van der Waals surface area contributed by atoms with Crippen molar-refractivity contribution in [1.82, 2.24) is 9.55 Å². The van der Waals surface area contributed by atoms with E-state index in [4.69, 9.17) is 11.6 Å². The second kappa shape index (κ2) is 8.86. The van der Waals surface area contributed by atoms with Gasteiger partial charge in [-0.2, -0.15) is 0 Å². The number of aryl methyl sites for hydroxylation is 1. The minimum Gasteiger partial charge on any atom is -0.325 e. The summed E-state index contributed by atoms with van der Waals surface area (Å²) in [6.07, 6.45) is 0. The third kappa shape index (κ3) is 4.26. The van der Waals surface area contributed by atoms with Crippen molar-refractivity contribution in [3.8, 4) is 5.69 Å². The van der Waals surface area contributed by atoms with Crippen LogP contribution in [-0.4, -0.2) is 21.2 Å². The van der Waals surface area contributed by atoms with Gasteiger partial charge in [0.05, 0.1) is 17.0 Å². The minimum atomic E-state index is -0.192. The van der Waals surface area contributed by atoms with Gasteiger partial charge in [0.1, 0.15) is 4.70 Å². The van der Waals surface area contributed by atoms with Crippen molar-refractivity contribution in [1.29, 1.82) is 0 Å². The first kappa shape index (κ1) is 21.6. The monoisotopic (exact) mass is 469 g/mol. The summed E-state index contributed by atoms with van der Waals surface area (Å²) in [5.74, 6) is -0.0821. The van der Waals surface area contributed by atoms with E-state index >= 15 is 0 Å². The highest BCUT2D eigenvalue weighted by Gasteiger charge is 2.17. The molecule has 1 amide bonds. The molecule has 0 saturated heterocycles. The molecule has 2 aromatic heterocycles. The molecule has 31 heavy (non-hydrogen) atoms. The zero-order valence-electron chi connectivity index (χ0n) is 17.2. The number of hydrogen-bond donors (Lipinski definition) is 1. The van der Waals surface area contributed by atoms with Crippen LogP contribution in [0.4, 0.5) is 5.69 Å². The molecule has 4 aromatic rings. The molecule has 0 aliphatic carbocycles. The maximum atomic E-state index is 13.3. The van der Waals surface area contributed by atoms with Gasteiger partial charge in [-0.15, -0.1) is 11.3 Å². The van der Waals surface area contributed by atoms with E-state index in [1.54, 1.807) is 16.7 Å². The van der Waals surface area contributed by atoms with Gasteiger partial charge in [-0.05, 0) is 67.1 Å². The number of aromatic nitrogens is 2. The summed E-state index contributed by atoms with van der Waals surface area (Å²) in [6.45, 7) is 5.85. The van der Waals surface area contributed by atoms with Crippen molar-refractivity contribution in [2.24, 2.45) is 0 Å². The Labute approximate surface area is 193 Å². The molecular formula is C23H20ClN3O2S2. The molecule has 0 atom stereocenters. The van der Waals surface area contributed by atoms with Crippen LogP contribution in [-0.2, 0) is 4.79 Å². The van der Waals surface area contributed by atoms with Crippen LogP contribution in [0.1, 0.15) is 16.7 Å². The van der Waals surface area contributed by atoms with E-state index in [-0.39, 0.29) is 17.2 Å². The number of carbonyl (C=O) groups excluding carboxylic acids is 1. The van der Waals surface area contributed by atoms with Crippen LogP contribution >= 0.6 is 34.7 Å². The average Bonchev–Trinajstić information content (AvgIpc) is 3.21. The van der Waals surface area contributed by atoms with Gasteiger partial charge in [-0.1, -0.05) is 41.6 Å². The third-order valence-corrected chi connectivity index (χ3v) is 7.38. The molecule has 0 bridgehead atoms. The van der Waals surface area contributed by atoms with E-state index in [2.05, 4.69) is 10.3 Å². The molecule has 0 aliphatic heterocycles. The molecule has 0 saturated carbocycles. The second-order valence-corrected chi connectivity index (χ2v) is 9.40. The Kier molecular flexibility index (Phi) is 6.18. The molecular weight excluding hydrogens is 450 g/mol. The van der Waals surface area contributed by atoms with Gasteiger partial charge in [0, 0.05) is 10.7 Å². The normalized spacial score (nSPS) is 11.1. The van der Waals surface area contributed by atoms with Gasteiger partial charge in [0.25, 0.3) is 5.56 Å². The Morgan fingerprint density at radius 2 is 1.90 bits per heavy atom. The molecule has 0 radical (unpaired) electrons. The molecule has 4 rings (SSSR count). The van der Waals surface area contributed by atoms with Crippen LogP contribution in [0.3, 0.4) is 0 Å². The summed E-state index contributed by atoms with van der Waals surface area (Å²) in [5.41, 5.74) is 4.87. The van der Waals surface area contributed by atoms with E-state index in [1.165, 1.54) is 23.1 Å². The summed E-state index contributed by atoms with van der Waals surface area (Å²) in [7, 11) is 0. The van der Waals surface area contributed by atoms with Crippen LogP contribution in [0, 0.1) is 20.8 Å². The van der Waals surface area contributed by atoms with E-state index in [1.807, 2.05) is 56.5 Å². The zero-order valence-corrected chi connectivity index (χ0v) is 19.6. The van der Waals surface area contributed by atoms with Gasteiger partial charge in [-0.25, -0.2) is 4.98 Å². The van der Waals surface area contributed by atoms with Gasteiger partial charge >= 0.3 is 0 Å².